The van der Waals surface area contributed by atoms with Crippen LogP contribution in [0.1, 0.15) is 13.3 Å². The molecule has 8 nitrogen and oxygen atoms in total. The summed E-state index contributed by atoms with van der Waals surface area (Å²) < 4.78 is 15.1. The van der Waals surface area contributed by atoms with Gasteiger partial charge in [-0.3, -0.25) is 9.59 Å². The molecule has 132 valence electrons. The van der Waals surface area contributed by atoms with Gasteiger partial charge >= 0.3 is 5.97 Å². The molecular weight excluding hydrogens is 328 g/mol. The van der Waals surface area contributed by atoms with Crippen molar-refractivity contribution >= 4 is 29.2 Å². The van der Waals surface area contributed by atoms with Crippen LogP contribution in [0.15, 0.2) is 36.3 Å². The monoisotopic (exact) mass is 346 g/mol. The summed E-state index contributed by atoms with van der Waals surface area (Å²) >= 11 is 0. The van der Waals surface area contributed by atoms with E-state index in [-0.39, 0.29) is 30.7 Å². The van der Waals surface area contributed by atoms with Crippen molar-refractivity contribution in [3.8, 4) is 0 Å². The Hall–Kier alpha value is -3.03. The number of carbonyl (C=O) groups is 3. The molecular formula is C17H18N2O6. The summed E-state index contributed by atoms with van der Waals surface area (Å²) in [4.78, 5) is 37.9. The van der Waals surface area contributed by atoms with Crippen molar-refractivity contribution < 1.29 is 28.6 Å². The highest BCUT2D eigenvalue weighted by molar-refractivity contribution is 6.05. The van der Waals surface area contributed by atoms with Gasteiger partial charge in [-0.05, 0) is 19.1 Å². The molecule has 1 aromatic rings. The molecule has 2 aliphatic rings. The van der Waals surface area contributed by atoms with Gasteiger partial charge in [0.15, 0.2) is 6.61 Å². The lowest BCUT2D eigenvalue weighted by atomic mass is 10.1. The van der Waals surface area contributed by atoms with Gasteiger partial charge in [0, 0.05) is 12.5 Å². The number of esters is 1. The van der Waals surface area contributed by atoms with E-state index >= 15 is 0 Å². The number of benzene rings is 1. The maximum Gasteiger partial charge on any atom is 0.377 e. The molecule has 0 unspecified atom stereocenters. The summed E-state index contributed by atoms with van der Waals surface area (Å²) in [6, 6.07) is 6.62. The van der Waals surface area contributed by atoms with Crippen LogP contribution in [-0.4, -0.2) is 43.6 Å². The number of nitrogens with one attached hydrogen (secondary N) is 1. The molecule has 2 amide bonds. The highest BCUT2D eigenvalue weighted by atomic mass is 16.6. The van der Waals surface area contributed by atoms with Crippen LogP contribution in [0.25, 0.3) is 0 Å². The lowest BCUT2D eigenvalue weighted by Gasteiger charge is -2.27. The Morgan fingerprint density at radius 2 is 2.12 bits per heavy atom. The number of anilines is 2. The van der Waals surface area contributed by atoms with Crippen molar-refractivity contribution in [3.63, 3.8) is 0 Å². The van der Waals surface area contributed by atoms with Gasteiger partial charge in [-0.1, -0.05) is 12.1 Å². The summed E-state index contributed by atoms with van der Waals surface area (Å²) in [5.41, 5.74) is 1.11. The Labute approximate surface area is 144 Å². The van der Waals surface area contributed by atoms with E-state index in [2.05, 4.69) is 5.32 Å². The van der Waals surface area contributed by atoms with Crippen molar-refractivity contribution in [2.24, 2.45) is 0 Å². The first-order valence-electron chi connectivity index (χ1n) is 7.89. The average Bonchev–Trinajstić information content (AvgIpc) is 2.74. The Morgan fingerprint density at radius 3 is 2.88 bits per heavy atom. The summed E-state index contributed by atoms with van der Waals surface area (Å²) in [6.45, 7) is 1.91. The fourth-order valence-corrected chi connectivity index (χ4v) is 2.71. The Morgan fingerprint density at radius 1 is 1.32 bits per heavy atom. The molecule has 0 aromatic heterocycles. The van der Waals surface area contributed by atoms with Crippen LogP contribution in [0.3, 0.4) is 0 Å². The Bertz CT molecular complexity index is 730. The lowest BCUT2D eigenvalue weighted by molar-refractivity contribution is -0.148. The number of nitrogens with zero attached hydrogens (tertiary/aromatic N) is 1. The van der Waals surface area contributed by atoms with Crippen LogP contribution in [-0.2, 0) is 28.6 Å². The second-order valence-electron chi connectivity index (χ2n) is 5.66. The van der Waals surface area contributed by atoms with Crippen LogP contribution >= 0.6 is 0 Å². The molecule has 0 saturated heterocycles. The third kappa shape index (κ3) is 3.73. The van der Waals surface area contributed by atoms with E-state index in [4.69, 9.17) is 14.2 Å². The molecule has 0 aliphatic carbocycles. The highest BCUT2D eigenvalue weighted by Crippen LogP contribution is 2.31. The van der Waals surface area contributed by atoms with E-state index in [1.54, 1.807) is 31.2 Å². The molecule has 0 saturated carbocycles. The molecule has 0 radical (unpaired) electrons. The van der Waals surface area contributed by atoms with Gasteiger partial charge in [-0.15, -0.1) is 0 Å². The normalized spacial score (nSPS) is 19.4. The molecule has 1 atom stereocenters. The molecule has 0 fully saturated rings. The first-order valence-corrected chi connectivity index (χ1v) is 7.89. The first kappa shape index (κ1) is 16.8. The van der Waals surface area contributed by atoms with Crippen molar-refractivity contribution in [1.29, 1.82) is 0 Å². The molecule has 0 bridgehead atoms. The summed E-state index contributed by atoms with van der Waals surface area (Å²) in [7, 11) is 0. The molecule has 1 N–H and O–H groups in total. The SMILES string of the molecule is C[C@H]1CC(=O)Nc2ccccc2N1C(=O)COC(=O)C1=COCCO1. The predicted octanol–water partition coefficient (Wildman–Crippen LogP) is 1.18. The fourth-order valence-electron chi connectivity index (χ4n) is 2.71. The quantitative estimate of drug-likeness (QED) is 0.826. The van der Waals surface area contributed by atoms with Crippen molar-refractivity contribution in [2.45, 2.75) is 19.4 Å². The molecule has 2 aliphatic heterocycles. The van der Waals surface area contributed by atoms with Gasteiger partial charge < -0.3 is 24.4 Å². The van der Waals surface area contributed by atoms with Gasteiger partial charge in [0.2, 0.25) is 11.7 Å². The number of rotatable bonds is 3. The second-order valence-corrected chi connectivity index (χ2v) is 5.66. The molecule has 3 rings (SSSR count). The predicted molar refractivity (Wildman–Crippen MR) is 87.6 cm³/mol. The van der Waals surface area contributed by atoms with Gasteiger partial charge in [-0.25, -0.2) is 4.79 Å². The van der Waals surface area contributed by atoms with E-state index in [0.29, 0.717) is 18.0 Å². The largest absolute Gasteiger partial charge is 0.493 e. The van der Waals surface area contributed by atoms with Gasteiger partial charge in [-0.2, -0.15) is 0 Å². The molecule has 0 spiro atoms. The molecule has 25 heavy (non-hydrogen) atoms. The van der Waals surface area contributed by atoms with Gasteiger partial charge in [0.05, 0.1) is 11.4 Å². The number of para-hydroxylation sites is 2. The standard InChI is InChI=1S/C17H18N2O6/c1-11-8-15(20)18-12-4-2-3-5-13(12)19(11)16(21)10-25-17(22)14-9-23-6-7-24-14/h2-5,9,11H,6-8,10H2,1H3,(H,18,20)/t11-/m0/s1. The zero-order chi connectivity index (χ0) is 17.8. The Kier molecular flexibility index (Phi) is 4.87. The smallest absolute Gasteiger partial charge is 0.377 e. The zero-order valence-electron chi connectivity index (χ0n) is 13.7. The van der Waals surface area contributed by atoms with Crippen LogP contribution in [0.2, 0.25) is 0 Å². The van der Waals surface area contributed by atoms with E-state index in [1.807, 2.05) is 0 Å². The Balaban J connectivity index is 1.73. The zero-order valence-corrected chi connectivity index (χ0v) is 13.7. The van der Waals surface area contributed by atoms with Crippen LogP contribution in [0.4, 0.5) is 11.4 Å². The van der Waals surface area contributed by atoms with E-state index in [0.717, 1.165) is 0 Å². The number of amides is 2. The number of carbonyl (C=O) groups excluding carboxylic acids is 3. The van der Waals surface area contributed by atoms with Crippen molar-refractivity contribution in [1.82, 2.24) is 0 Å². The van der Waals surface area contributed by atoms with Crippen LogP contribution in [0, 0.1) is 0 Å². The minimum atomic E-state index is -0.766. The summed E-state index contributed by atoms with van der Waals surface area (Å²) in [5, 5.41) is 2.77. The minimum absolute atomic E-state index is 0.0693. The number of hydrogen-bond acceptors (Lipinski definition) is 6. The fraction of sp³-hybridized carbons (Fsp3) is 0.353. The molecule has 2 heterocycles. The topological polar surface area (TPSA) is 94.2 Å². The first-order chi connectivity index (χ1) is 12.1. The van der Waals surface area contributed by atoms with Crippen LogP contribution in [0.5, 0.6) is 0 Å². The van der Waals surface area contributed by atoms with Crippen molar-refractivity contribution in [3.05, 3.63) is 36.3 Å². The number of fused-ring (bicyclic) bond motifs is 1. The average molecular weight is 346 g/mol. The third-order valence-corrected chi connectivity index (χ3v) is 3.80. The minimum Gasteiger partial charge on any atom is -0.493 e. The number of hydrogen-bond donors (Lipinski definition) is 1. The van der Waals surface area contributed by atoms with E-state index in [1.165, 1.54) is 11.2 Å². The van der Waals surface area contributed by atoms with E-state index < -0.39 is 18.5 Å². The maximum atomic E-state index is 12.6. The summed E-state index contributed by atoms with van der Waals surface area (Å²) in [5.74, 6) is -1.44. The molecule has 1 aromatic carbocycles. The van der Waals surface area contributed by atoms with Gasteiger partial charge in [0.25, 0.3) is 5.91 Å². The van der Waals surface area contributed by atoms with Crippen LogP contribution < -0.4 is 10.2 Å². The van der Waals surface area contributed by atoms with Gasteiger partial charge in [0.1, 0.15) is 19.5 Å². The summed E-state index contributed by atoms with van der Waals surface area (Å²) in [6.07, 6.45) is 1.32. The maximum absolute atomic E-state index is 12.6. The third-order valence-electron chi connectivity index (χ3n) is 3.80. The van der Waals surface area contributed by atoms with E-state index in [9.17, 15) is 14.4 Å². The second kappa shape index (κ2) is 7.25. The number of ether oxygens (including phenoxy) is 3. The van der Waals surface area contributed by atoms with Crippen molar-refractivity contribution in [2.75, 3.05) is 30.0 Å². The molecule has 8 heteroatoms. The highest BCUT2D eigenvalue weighted by Gasteiger charge is 2.30. The lowest BCUT2D eigenvalue weighted by Crippen LogP contribution is -2.41.